The molecule has 2 aromatic rings. The van der Waals surface area contributed by atoms with E-state index in [1.807, 2.05) is 16.7 Å². The third-order valence-corrected chi connectivity index (χ3v) is 8.85. The number of aromatic nitrogens is 1. The van der Waals surface area contributed by atoms with Gasteiger partial charge in [0, 0.05) is 41.8 Å². The summed E-state index contributed by atoms with van der Waals surface area (Å²) in [5, 5.41) is 9.57. The summed E-state index contributed by atoms with van der Waals surface area (Å²) >= 11 is 0. The first-order chi connectivity index (χ1) is 17.4. The van der Waals surface area contributed by atoms with Crippen LogP contribution in [0.15, 0.2) is 29.2 Å². The molecule has 1 aliphatic carbocycles. The van der Waals surface area contributed by atoms with Gasteiger partial charge in [-0.25, -0.2) is 13.2 Å². The van der Waals surface area contributed by atoms with Gasteiger partial charge in [0.05, 0.1) is 19.4 Å². The second-order valence-corrected chi connectivity index (χ2v) is 13.3. The van der Waals surface area contributed by atoms with Crippen LogP contribution in [0.2, 0.25) is 0 Å². The summed E-state index contributed by atoms with van der Waals surface area (Å²) in [5.41, 5.74) is 1.91. The highest BCUT2D eigenvalue weighted by molar-refractivity contribution is 7.90. The largest absolute Gasteiger partial charge is 0.493 e. The zero-order chi connectivity index (χ0) is 27.0. The summed E-state index contributed by atoms with van der Waals surface area (Å²) in [7, 11) is -1.31. The lowest BCUT2D eigenvalue weighted by molar-refractivity contribution is 0.0693. The van der Waals surface area contributed by atoms with Crippen molar-refractivity contribution in [2.75, 3.05) is 25.7 Å². The van der Waals surface area contributed by atoms with Crippen molar-refractivity contribution in [2.45, 2.75) is 70.8 Å². The Morgan fingerprint density at radius 3 is 2.49 bits per heavy atom. The van der Waals surface area contributed by atoms with Crippen LogP contribution in [-0.2, 0) is 9.84 Å². The number of ether oxygens (including phenoxy) is 2. The van der Waals surface area contributed by atoms with Gasteiger partial charge in [-0.15, -0.1) is 0 Å². The van der Waals surface area contributed by atoms with Crippen LogP contribution < -0.4 is 14.9 Å². The Bertz CT molecular complexity index is 1340. The second kappa shape index (κ2) is 10.5. The lowest BCUT2D eigenvalue weighted by Crippen LogP contribution is -2.32. The van der Waals surface area contributed by atoms with Crippen LogP contribution >= 0.6 is 0 Å². The predicted octanol–water partition coefficient (Wildman–Crippen LogP) is 5.05. The van der Waals surface area contributed by atoms with Crippen molar-refractivity contribution in [1.29, 1.82) is 0 Å². The Hall–Kier alpha value is -2.81. The number of aromatic carboxylic acids is 1. The fourth-order valence-electron chi connectivity index (χ4n) is 5.99. The lowest BCUT2D eigenvalue weighted by Gasteiger charge is -2.40. The summed E-state index contributed by atoms with van der Waals surface area (Å²) in [4.78, 5) is 24.4. The molecule has 1 aromatic carbocycles. The van der Waals surface area contributed by atoms with E-state index in [4.69, 9.17) is 9.47 Å². The summed E-state index contributed by atoms with van der Waals surface area (Å²) in [6.45, 7) is 4.92. The molecule has 2 aliphatic rings. The molecule has 0 unspecified atom stereocenters. The standard InChI is InChI=1S/C28H37NO7S/c1-28(2)11-10-18-19-14-25(36-12-8-6-5-7-9-13-37(4,33)34)24(35-3)15-20(19)22-16-23(30)21(27(31)32)17-29(22)26(18)28/h14-18,26H,5-13H2,1-4H3,(H,31,32)/t18-,26+/m0/s1. The highest BCUT2D eigenvalue weighted by atomic mass is 32.2. The molecule has 1 aliphatic heterocycles. The Morgan fingerprint density at radius 1 is 1.11 bits per heavy atom. The summed E-state index contributed by atoms with van der Waals surface area (Å²) in [6, 6.07) is 5.42. The number of sulfone groups is 1. The molecular formula is C28H37NO7S. The minimum atomic E-state index is -2.90. The first-order valence-corrected chi connectivity index (χ1v) is 15.0. The van der Waals surface area contributed by atoms with Gasteiger partial charge in [-0.05, 0) is 48.8 Å². The number of methoxy groups -OCH3 is 1. The van der Waals surface area contributed by atoms with E-state index in [1.165, 1.54) is 18.5 Å². The van der Waals surface area contributed by atoms with Crippen molar-refractivity contribution >= 4 is 15.8 Å². The van der Waals surface area contributed by atoms with Crippen LogP contribution in [0.4, 0.5) is 0 Å². The van der Waals surface area contributed by atoms with Crippen LogP contribution in [0.1, 0.15) is 86.7 Å². The molecular weight excluding hydrogens is 494 g/mol. The van der Waals surface area contributed by atoms with E-state index in [0.29, 0.717) is 30.2 Å². The van der Waals surface area contributed by atoms with Crippen LogP contribution in [0, 0.1) is 5.41 Å². The zero-order valence-corrected chi connectivity index (χ0v) is 22.9. The predicted molar refractivity (Wildman–Crippen MR) is 143 cm³/mol. The molecule has 0 amide bonds. The number of rotatable bonds is 11. The molecule has 202 valence electrons. The van der Waals surface area contributed by atoms with E-state index in [9.17, 15) is 23.1 Å². The first-order valence-electron chi connectivity index (χ1n) is 13.0. The maximum Gasteiger partial charge on any atom is 0.341 e. The molecule has 8 nitrogen and oxygen atoms in total. The Kier molecular flexibility index (Phi) is 7.74. The van der Waals surface area contributed by atoms with Gasteiger partial charge >= 0.3 is 5.97 Å². The van der Waals surface area contributed by atoms with E-state index in [-0.39, 0.29) is 28.7 Å². The number of carboxylic acids is 1. The van der Waals surface area contributed by atoms with Gasteiger partial charge in [-0.3, -0.25) is 4.79 Å². The van der Waals surface area contributed by atoms with E-state index < -0.39 is 21.2 Å². The monoisotopic (exact) mass is 531 g/mol. The minimum absolute atomic E-state index is 0.0295. The number of fused-ring (bicyclic) bond motifs is 6. The molecule has 1 aromatic heterocycles. The van der Waals surface area contributed by atoms with E-state index in [1.54, 1.807) is 7.11 Å². The van der Waals surface area contributed by atoms with Gasteiger partial charge in [-0.1, -0.05) is 33.1 Å². The first kappa shape index (κ1) is 27.2. The van der Waals surface area contributed by atoms with E-state index in [0.717, 1.165) is 49.7 Å². The number of carboxylic acid groups (broad SMARTS) is 1. The van der Waals surface area contributed by atoms with Gasteiger partial charge in [0.2, 0.25) is 0 Å². The summed E-state index contributed by atoms with van der Waals surface area (Å²) in [6.07, 6.45) is 9.07. The molecule has 2 atom stereocenters. The summed E-state index contributed by atoms with van der Waals surface area (Å²) < 4.78 is 36.3. The number of carbonyl (C=O) groups is 1. The maximum atomic E-state index is 12.7. The topological polar surface area (TPSA) is 112 Å². The van der Waals surface area contributed by atoms with Crippen LogP contribution in [0.25, 0.3) is 11.3 Å². The third-order valence-electron chi connectivity index (χ3n) is 7.82. The number of hydrogen-bond donors (Lipinski definition) is 1. The zero-order valence-electron chi connectivity index (χ0n) is 22.1. The Morgan fingerprint density at radius 2 is 1.81 bits per heavy atom. The van der Waals surface area contributed by atoms with Gasteiger partial charge in [0.25, 0.3) is 0 Å². The van der Waals surface area contributed by atoms with Gasteiger partial charge in [0.1, 0.15) is 15.4 Å². The minimum Gasteiger partial charge on any atom is -0.493 e. The highest BCUT2D eigenvalue weighted by Gasteiger charge is 2.47. The molecule has 1 saturated carbocycles. The van der Waals surface area contributed by atoms with Crippen LogP contribution in [0.5, 0.6) is 11.5 Å². The molecule has 1 N–H and O–H groups in total. The lowest BCUT2D eigenvalue weighted by atomic mass is 9.77. The number of pyridine rings is 1. The average Bonchev–Trinajstić information content (AvgIpc) is 3.14. The third kappa shape index (κ3) is 5.71. The summed E-state index contributed by atoms with van der Waals surface area (Å²) in [5.74, 6) is 0.436. The number of hydrogen-bond acceptors (Lipinski definition) is 6. The molecule has 0 bridgehead atoms. The molecule has 2 heterocycles. The van der Waals surface area contributed by atoms with Crippen molar-refractivity contribution in [3.8, 4) is 22.8 Å². The van der Waals surface area contributed by atoms with Crippen molar-refractivity contribution in [2.24, 2.45) is 5.41 Å². The quantitative estimate of drug-likeness (QED) is 0.404. The van der Waals surface area contributed by atoms with Gasteiger partial charge in [-0.2, -0.15) is 0 Å². The number of benzene rings is 1. The fraction of sp³-hybridized carbons (Fsp3) is 0.571. The van der Waals surface area contributed by atoms with Crippen LogP contribution in [-0.4, -0.2) is 49.8 Å². The van der Waals surface area contributed by atoms with Gasteiger partial charge < -0.3 is 19.1 Å². The molecule has 0 radical (unpaired) electrons. The SMILES string of the molecule is COc1cc2c(cc1OCCCCCCCS(C)(=O)=O)[C@@H]1CCC(C)(C)[C@@H]1n1cc(C(=O)O)c(=O)cc1-2. The fourth-order valence-corrected chi connectivity index (χ4v) is 6.71. The molecule has 1 fully saturated rings. The van der Waals surface area contributed by atoms with E-state index in [2.05, 4.69) is 13.8 Å². The molecule has 37 heavy (non-hydrogen) atoms. The van der Waals surface area contributed by atoms with E-state index >= 15 is 0 Å². The van der Waals surface area contributed by atoms with Crippen LogP contribution in [0.3, 0.4) is 0 Å². The van der Waals surface area contributed by atoms with Crippen molar-refractivity contribution in [3.05, 3.63) is 45.7 Å². The van der Waals surface area contributed by atoms with Gasteiger partial charge in [0.15, 0.2) is 16.9 Å². The van der Waals surface area contributed by atoms with Crippen molar-refractivity contribution < 1.29 is 27.8 Å². The molecule has 0 saturated heterocycles. The normalized spacial score (nSPS) is 19.6. The highest BCUT2D eigenvalue weighted by Crippen LogP contribution is 2.59. The molecule has 4 rings (SSSR count). The smallest absolute Gasteiger partial charge is 0.341 e. The average molecular weight is 532 g/mol. The number of nitrogens with zero attached hydrogens (tertiary/aromatic N) is 1. The maximum absolute atomic E-state index is 12.7. The second-order valence-electron chi connectivity index (χ2n) is 11.1. The number of unbranched alkanes of at least 4 members (excludes halogenated alkanes) is 4. The van der Waals surface area contributed by atoms with Crippen molar-refractivity contribution in [1.82, 2.24) is 4.57 Å². The molecule has 0 spiro atoms. The Balaban J connectivity index is 1.57. The molecule has 9 heteroatoms. The Labute approximate surface area is 218 Å². The van der Waals surface area contributed by atoms with Crippen molar-refractivity contribution in [3.63, 3.8) is 0 Å².